The summed E-state index contributed by atoms with van der Waals surface area (Å²) in [6.07, 6.45) is 3.35. The number of aryl methyl sites for hydroxylation is 1. The molecular formula is C22H20ClN3OS. The smallest absolute Gasteiger partial charge is 0.226 e. The molecule has 0 atom stereocenters. The van der Waals surface area contributed by atoms with Crippen LogP contribution in [0.5, 0.6) is 0 Å². The van der Waals surface area contributed by atoms with E-state index in [-0.39, 0.29) is 5.91 Å². The number of amides is 1. The second-order valence-electron chi connectivity index (χ2n) is 6.64. The van der Waals surface area contributed by atoms with E-state index in [1.54, 1.807) is 11.3 Å². The number of imidazole rings is 1. The van der Waals surface area contributed by atoms with Gasteiger partial charge in [0, 0.05) is 34.4 Å². The number of hydrogen-bond acceptors (Lipinski definition) is 3. The Balaban J connectivity index is 1.45. The zero-order chi connectivity index (χ0) is 19.5. The number of fused-ring (bicyclic) bond motifs is 1. The molecule has 28 heavy (non-hydrogen) atoms. The predicted octanol–water partition coefficient (Wildman–Crippen LogP) is 5.14. The molecule has 4 aromatic rings. The van der Waals surface area contributed by atoms with E-state index in [1.807, 2.05) is 40.2 Å². The van der Waals surface area contributed by atoms with E-state index < -0.39 is 0 Å². The second kappa shape index (κ2) is 8.17. The molecule has 0 aliphatic heterocycles. The second-order valence-corrected chi connectivity index (χ2v) is 7.91. The standard InChI is InChI=1S/C22H20ClN3OS/c1-2-15-3-7-17(8-4-15)20-13-26-19(14-28-22(26)25-20)11-21(27)24-12-16-5-9-18(23)10-6-16/h3-10,13-14H,2,11-12H2,1H3,(H,24,27). The van der Waals surface area contributed by atoms with Gasteiger partial charge in [-0.05, 0) is 29.7 Å². The highest BCUT2D eigenvalue weighted by atomic mass is 35.5. The number of nitrogens with zero attached hydrogens (tertiary/aromatic N) is 2. The topological polar surface area (TPSA) is 46.4 Å². The predicted molar refractivity (Wildman–Crippen MR) is 115 cm³/mol. The van der Waals surface area contributed by atoms with Crippen LogP contribution in [0, 0.1) is 0 Å². The molecule has 2 aromatic heterocycles. The Labute approximate surface area is 172 Å². The molecule has 0 aliphatic rings. The Kier molecular flexibility index (Phi) is 5.46. The van der Waals surface area contributed by atoms with Gasteiger partial charge in [0.1, 0.15) is 0 Å². The fourth-order valence-electron chi connectivity index (χ4n) is 3.04. The maximum absolute atomic E-state index is 12.4. The zero-order valence-electron chi connectivity index (χ0n) is 15.5. The number of carbonyl (C=O) groups is 1. The Bertz CT molecular complexity index is 1100. The van der Waals surface area contributed by atoms with Crippen molar-refractivity contribution >= 4 is 33.8 Å². The monoisotopic (exact) mass is 409 g/mol. The van der Waals surface area contributed by atoms with Gasteiger partial charge in [-0.2, -0.15) is 0 Å². The largest absolute Gasteiger partial charge is 0.352 e. The van der Waals surface area contributed by atoms with E-state index in [2.05, 4.69) is 36.5 Å². The summed E-state index contributed by atoms with van der Waals surface area (Å²) < 4.78 is 2.01. The summed E-state index contributed by atoms with van der Waals surface area (Å²) in [6.45, 7) is 2.63. The molecule has 0 radical (unpaired) electrons. The Morgan fingerprint density at radius 2 is 1.82 bits per heavy atom. The number of halogens is 1. The summed E-state index contributed by atoms with van der Waals surface area (Å²) in [5, 5.41) is 5.65. The quantitative estimate of drug-likeness (QED) is 0.479. The van der Waals surface area contributed by atoms with Crippen LogP contribution in [0.2, 0.25) is 5.02 Å². The molecule has 0 spiro atoms. The lowest BCUT2D eigenvalue weighted by Crippen LogP contribution is -2.24. The highest BCUT2D eigenvalue weighted by molar-refractivity contribution is 7.15. The highest BCUT2D eigenvalue weighted by Gasteiger charge is 2.12. The van der Waals surface area contributed by atoms with Gasteiger partial charge < -0.3 is 5.32 Å². The molecule has 1 amide bonds. The Hall–Kier alpha value is -2.63. The molecular weight excluding hydrogens is 390 g/mol. The van der Waals surface area contributed by atoms with Crippen LogP contribution in [0.4, 0.5) is 0 Å². The number of benzene rings is 2. The molecule has 0 bridgehead atoms. The van der Waals surface area contributed by atoms with Gasteiger partial charge >= 0.3 is 0 Å². The van der Waals surface area contributed by atoms with Gasteiger partial charge in [0.05, 0.1) is 12.1 Å². The lowest BCUT2D eigenvalue weighted by molar-refractivity contribution is -0.120. The molecule has 6 heteroatoms. The van der Waals surface area contributed by atoms with Gasteiger partial charge in [-0.25, -0.2) is 4.98 Å². The fourth-order valence-corrected chi connectivity index (χ4v) is 4.04. The first kappa shape index (κ1) is 18.7. The van der Waals surface area contributed by atoms with Crippen molar-refractivity contribution < 1.29 is 4.79 Å². The number of aromatic nitrogens is 2. The van der Waals surface area contributed by atoms with Crippen LogP contribution in [0.25, 0.3) is 16.2 Å². The van der Waals surface area contributed by atoms with E-state index in [1.165, 1.54) is 5.56 Å². The van der Waals surface area contributed by atoms with Crippen molar-refractivity contribution in [1.82, 2.24) is 14.7 Å². The molecule has 0 aliphatic carbocycles. The zero-order valence-corrected chi connectivity index (χ0v) is 17.1. The van der Waals surface area contributed by atoms with E-state index in [4.69, 9.17) is 16.6 Å². The van der Waals surface area contributed by atoms with Gasteiger partial charge in [0.2, 0.25) is 5.91 Å². The van der Waals surface area contributed by atoms with Gasteiger partial charge in [0.15, 0.2) is 4.96 Å². The van der Waals surface area contributed by atoms with E-state index in [0.29, 0.717) is 18.0 Å². The highest BCUT2D eigenvalue weighted by Crippen LogP contribution is 2.24. The molecule has 0 unspecified atom stereocenters. The summed E-state index contributed by atoms with van der Waals surface area (Å²) in [6, 6.07) is 15.9. The van der Waals surface area contributed by atoms with Crippen LogP contribution in [-0.2, 0) is 24.2 Å². The molecule has 4 rings (SSSR count). The number of rotatable bonds is 6. The normalized spacial score (nSPS) is 11.1. The number of thiazole rings is 1. The first-order valence-corrected chi connectivity index (χ1v) is 10.4. The van der Waals surface area contributed by atoms with Crippen LogP contribution in [0.3, 0.4) is 0 Å². The van der Waals surface area contributed by atoms with E-state index in [9.17, 15) is 4.79 Å². The Morgan fingerprint density at radius 3 is 2.54 bits per heavy atom. The van der Waals surface area contributed by atoms with E-state index in [0.717, 1.165) is 33.9 Å². The number of hydrogen-bond donors (Lipinski definition) is 1. The number of nitrogens with one attached hydrogen (secondary N) is 1. The molecule has 2 aromatic carbocycles. The van der Waals surface area contributed by atoms with Gasteiger partial charge in [0.25, 0.3) is 0 Å². The maximum Gasteiger partial charge on any atom is 0.226 e. The Morgan fingerprint density at radius 1 is 1.11 bits per heavy atom. The molecule has 142 valence electrons. The van der Waals surface area contributed by atoms with Crippen molar-refractivity contribution in [3.63, 3.8) is 0 Å². The van der Waals surface area contributed by atoms with Crippen LogP contribution in [0.15, 0.2) is 60.1 Å². The minimum absolute atomic E-state index is 0.0165. The first-order valence-electron chi connectivity index (χ1n) is 9.18. The van der Waals surface area contributed by atoms with Gasteiger partial charge in [-0.1, -0.05) is 54.9 Å². The molecule has 2 heterocycles. The third kappa shape index (κ3) is 4.11. The maximum atomic E-state index is 12.4. The van der Waals surface area contributed by atoms with Crippen LogP contribution in [-0.4, -0.2) is 15.3 Å². The molecule has 0 saturated heterocycles. The third-order valence-corrected chi connectivity index (χ3v) is 5.83. The van der Waals surface area contributed by atoms with E-state index >= 15 is 0 Å². The fraction of sp³-hybridized carbons (Fsp3) is 0.182. The summed E-state index contributed by atoms with van der Waals surface area (Å²) in [5.74, 6) is -0.0165. The molecule has 0 saturated carbocycles. The van der Waals surface area contributed by atoms with Crippen molar-refractivity contribution in [2.24, 2.45) is 0 Å². The first-order chi connectivity index (χ1) is 13.6. The lowest BCUT2D eigenvalue weighted by Gasteiger charge is -2.05. The summed E-state index contributed by atoms with van der Waals surface area (Å²) in [5.41, 5.74) is 5.29. The van der Waals surface area contributed by atoms with Gasteiger partial charge in [-0.3, -0.25) is 9.20 Å². The summed E-state index contributed by atoms with van der Waals surface area (Å²) >= 11 is 7.44. The third-order valence-electron chi connectivity index (χ3n) is 4.69. The molecule has 0 fully saturated rings. The van der Waals surface area contributed by atoms with Crippen molar-refractivity contribution in [3.05, 3.63) is 82.0 Å². The number of carbonyl (C=O) groups excluding carboxylic acids is 1. The van der Waals surface area contributed by atoms with Crippen molar-refractivity contribution in [1.29, 1.82) is 0 Å². The SMILES string of the molecule is CCc1ccc(-c2cn3c(CC(=O)NCc4ccc(Cl)cc4)csc3n2)cc1. The van der Waals surface area contributed by atoms with Crippen LogP contribution >= 0.6 is 22.9 Å². The average molecular weight is 410 g/mol. The molecule has 4 nitrogen and oxygen atoms in total. The van der Waals surface area contributed by atoms with Crippen molar-refractivity contribution in [3.8, 4) is 11.3 Å². The summed E-state index contributed by atoms with van der Waals surface area (Å²) in [7, 11) is 0. The average Bonchev–Trinajstić information content (AvgIpc) is 3.30. The minimum atomic E-state index is -0.0165. The molecule has 1 N–H and O–H groups in total. The van der Waals surface area contributed by atoms with Crippen LogP contribution < -0.4 is 5.32 Å². The summed E-state index contributed by atoms with van der Waals surface area (Å²) in [4.78, 5) is 18.0. The van der Waals surface area contributed by atoms with Crippen LogP contribution in [0.1, 0.15) is 23.7 Å². The van der Waals surface area contributed by atoms with Gasteiger partial charge in [-0.15, -0.1) is 11.3 Å². The van der Waals surface area contributed by atoms with Crippen molar-refractivity contribution in [2.75, 3.05) is 0 Å². The van der Waals surface area contributed by atoms with Crippen molar-refractivity contribution in [2.45, 2.75) is 26.3 Å². The minimum Gasteiger partial charge on any atom is -0.352 e. The lowest BCUT2D eigenvalue weighted by atomic mass is 10.1.